The van der Waals surface area contributed by atoms with Crippen molar-refractivity contribution in [2.24, 2.45) is 5.10 Å². The van der Waals surface area contributed by atoms with Gasteiger partial charge in [0, 0.05) is 37.0 Å². The summed E-state index contributed by atoms with van der Waals surface area (Å²) in [6.07, 6.45) is -3.79. The number of rotatable bonds is 3. The van der Waals surface area contributed by atoms with E-state index < -0.39 is 27.0 Å². The molecule has 2 aromatic rings. The predicted molar refractivity (Wildman–Crippen MR) is 128 cm³/mol. The fourth-order valence-corrected chi connectivity index (χ4v) is 6.78. The maximum absolute atomic E-state index is 12.9. The number of hydrogen-bond donors (Lipinski definition) is 1. The van der Waals surface area contributed by atoms with Crippen LogP contribution in [0, 0.1) is 0 Å². The summed E-state index contributed by atoms with van der Waals surface area (Å²) < 4.78 is 66.4. The molecule has 5 rings (SSSR count). The first-order valence-corrected chi connectivity index (χ1v) is 13.1. The van der Waals surface area contributed by atoms with Gasteiger partial charge in [-0.3, -0.25) is 0 Å². The van der Waals surface area contributed by atoms with Gasteiger partial charge < -0.3 is 15.0 Å². The number of nitrogens with zero attached hydrogens (tertiary/aromatic N) is 3. The van der Waals surface area contributed by atoms with Gasteiger partial charge in [0.05, 0.1) is 17.5 Å². The number of hydrogen-bond acceptors (Lipinski definition) is 6. The number of hydrazone groups is 1. The quantitative estimate of drug-likeness (QED) is 0.668. The highest BCUT2D eigenvalue weighted by molar-refractivity contribution is 7.94. The van der Waals surface area contributed by atoms with E-state index in [9.17, 15) is 26.4 Å². The van der Waals surface area contributed by atoms with Gasteiger partial charge in [0.15, 0.2) is 9.84 Å². The third-order valence-electron chi connectivity index (χ3n) is 7.08. The van der Waals surface area contributed by atoms with Gasteiger partial charge in [-0.25, -0.2) is 18.2 Å². The molecule has 12 heteroatoms. The zero-order chi connectivity index (χ0) is 25.9. The highest BCUT2D eigenvalue weighted by Crippen LogP contribution is 2.44. The molecule has 2 amide bonds. The maximum atomic E-state index is 12.9. The summed E-state index contributed by atoms with van der Waals surface area (Å²) >= 11 is 0. The van der Waals surface area contributed by atoms with E-state index in [-0.39, 0.29) is 17.5 Å². The second kappa shape index (κ2) is 8.39. The molecule has 0 radical (unpaired) electrons. The number of ether oxygens (including phenoxy) is 1. The summed E-state index contributed by atoms with van der Waals surface area (Å²) in [6.45, 7) is 2.69. The van der Waals surface area contributed by atoms with E-state index in [2.05, 4.69) is 15.2 Å². The van der Waals surface area contributed by atoms with Crippen molar-refractivity contribution in [1.29, 1.82) is 0 Å². The number of fused-ring (bicyclic) bond motifs is 1. The average molecular weight is 523 g/mol. The second-order valence-corrected chi connectivity index (χ2v) is 11.9. The monoisotopic (exact) mass is 522 g/mol. The van der Waals surface area contributed by atoms with Crippen molar-refractivity contribution < 1.29 is 31.1 Å². The first-order valence-electron chi connectivity index (χ1n) is 11.5. The van der Waals surface area contributed by atoms with E-state index in [4.69, 9.17) is 0 Å². The number of amides is 2. The summed E-state index contributed by atoms with van der Waals surface area (Å²) in [5.41, 5.74) is 2.93. The minimum atomic E-state index is -4.85. The lowest BCUT2D eigenvalue weighted by atomic mass is 9.92. The number of carbonyl (C=O) groups is 1. The number of carbonyl (C=O) groups excluding carboxylic acids is 1. The van der Waals surface area contributed by atoms with Gasteiger partial charge in [0.2, 0.25) is 0 Å². The van der Waals surface area contributed by atoms with Crippen LogP contribution in [0.1, 0.15) is 30.0 Å². The van der Waals surface area contributed by atoms with Gasteiger partial charge in [-0.05, 0) is 49.6 Å². The van der Waals surface area contributed by atoms with Crippen molar-refractivity contribution in [3.63, 3.8) is 0 Å². The smallest absolute Gasteiger partial charge is 0.406 e. The third kappa shape index (κ3) is 4.16. The summed E-state index contributed by atoms with van der Waals surface area (Å²) in [5.74, 6) is -0.140. The molecule has 1 spiro atoms. The molecule has 0 saturated carbocycles. The fraction of sp³-hybridized carbons (Fsp3) is 0.417. The van der Waals surface area contributed by atoms with Crippen LogP contribution in [0.2, 0.25) is 0 Å². The second-order valence-electron chi connectivity index (χ2n) is 9.42. The molecule has 3 heterocycles. The van der Waals surface area contributed by atoms with Crippen molar-refractivity contribution in [3.8, 4) is 5.75 Å². The highest BCUT2D eigenvalue weighted by atomic mass is 32.2. The minimum Gasteiger partial charge on any atom is -0.406 e. The molecule has 2 saturated heterocycles. The molecular formula is C24H25F3N4O4S. The van der Waals surface area contributed by atoms with Crippen LogP contribution < -0.4 is 15.0 Å². The molecule has 0 aromatic heterocycles. The van der Waals surface area contributed by atoms with Gasteiger partial charge in [-0.15, -0.1) is 13.2 Å². The Morgan fingerprint density at radius 1 is 1.17 bits per heavy atom. The Morgan fingerprint density at radius 3 is 2.42 bits per heavy atom. The van der Waals surface area contributed by atoms with Gasteiger partial charge in [0.25, 0.3) is 0 Å². The number of urea groups is 1. The molecule has 3 aliphatic rings. The fourth-order valence-electron chi connectivity index (χ4n) is 4.96. The lowest BCUT2D eigenvalue weighted by molar-refractivity contribution is -0.274. The molecule has 0 unspecified atom stereocenters. The standard InChI is InChI=1S/C24H25F3N4O4S/c1-15-11-17-5-8-19(35-24(25,26)27)12-20(17)21(29-31(15)22(32)28-2)16-3-6-18(7-4-16)30-13-23(14-30)9-10-36(23,33)34/h3-8,12,15H,9-11,13-14H2,1-2H3,(H,28,32)/t15-/m0/s1. The highest BCUT2D eigenvalue weighted by Gasteiger charge is 2.59. The van der Waals surface area contributed by atoms with Crippen molar-refractivity contribution in [3.05, 3.63) is 59.2 Å². The SMILES string of the molecule is CNC(=O)N1N=C(c2ccc(N3CC4(CCS4(=O)=O)C3)cc2)c2cc(OC(F)(F)F)ccc2C[C@@H]1C. The Balaban J connectivity index is 1.50. The lowest BCUT2D eigenvalue weighted by Gasteiger charge is -2.55. The normalized spacial score (nSPS) is 22.0. The zero-order valence-corrected chi connectivity index (χ0v) is 20.5. The molecule has 3 aliphatic heterocycles. The largest absolute Gasteiger partial charge is 0.573 e. The number of halogens is 3. The Morgan fingerprint density at radius 2 is 1.86 bits per heavy atom. The van der Waals surface area contributed by atoms with E-state index >= 15 is 0 Å². The molecule has 2 aromatic carbocycles. The molecule has 1 N–H and O–H groups in total. The molecule has 36 heavy (non-hydrogen) atoms. The molecule has 2 fully saturated rings. The van der Waals surface area contributed by atoms with Crippen LogP contribution in [0.4, 0.5) is 23.7 Å². The van der Waals surface area contributed by atoms with Crippen LogP contribution in [0.3, 0.4) is 0 Å². The van der Waals surface area contributed by atoms with E-state index in [0.717, 1.165) is 11.3 Å². The summed E-state index contributed by atoms with van der Waals surface area (Å²) in [5, 5.41) is 8.39. The number of nitrogens with one attached hydrogen (secondary N) is 1. The van der Waals surface area contributed by atoms with Gasteiger partial charge in [-0.1, -0.05) is 18.2 Å². The van der Waals surface area contributed by atoms with Gasteiger partial charge in [-0.2, -0.15) is 5.10 Å². The summed E-state index contributed by atoms with van der Waals surface area (Å²) in [6, 6.07) is 10.5. The van der Waals surface area contributed by atoms with Crippen LogP contribution in [0.15, 0.2) is 47.6 Å². The topological polar surface area (TPSA) is 91.3 Å². The average Bonchev–Trinajstić information content (AvgIpc) is 2.92. The maximum Gasteiger partial charge on any atom is 0.573 e. The molecule has 0 bridgehead atoms. The Kier molecular flexibility index (Phi) is 5.69. The minimum absolute atomic E-state index is 0.235. The number of anilines is 1. The van der Waals surface area contributed by atoms with Crippen LogP contribution in [0.5, 0.6) is 5.75 Å². The van der Waals surface area contributed by atoms with E-state index in [1.54, 1.807) is 18.2 Å². The first kappa shape index (κ1) is 24.4. The number of alkyl halides is 3. The van der Waals surface area contributed by atoms with Crippen molar-refractivity contribution in [2.75, 3.05) is 30.8 Å². The Hall–Kier alpha value is -3.28. The van der Waals surface area contributed by atoms with Crippen LogP contribution in [0.25, 0.3) is 0 Å². The molecule has 0 aliphatic carbocycles. The lowest BCUT2D eigenvalue weighted by Crippen LogP contribution is -2.72. The molecule has 1 atom stereocenters. The summed E-state index contributed by atoms with van der Waals surface area (Å²) in [7, 11) is -1.54. The van der Waals surface area contributed by atoms with Crippen LogP contribution in [-0.2, 0) is 16.3 Å². The van der Waals surface area contributed by atoms with Crippen molar-refractivity contribution in [1.82, 2.24) is 10.3 Å². The molecular weight excluding hydrogens is 497 g/mol. The number of benzene rings is 2. The predicted octanol–water partition coefficient (Wildman–Crippen LogP) is 3.30. The summed E-state index contributed by atoms with van der Waals surface area (Å²) in [4.78, 5) is 14.5. The first-order chi connectivity index (χ1) is 16.9. The van der Waals surface area contributed by atoms with Gasteiger partial charge >= 0.3 is 12.4 Å². The van der Waals surface area contributed by atoms with Gasteiger partial charge in [0.1, 0.15) is 10.5 Å². The molecule has 192 valence electrons. The van der Waals surface area contributed by atoms with E-state index in [0.29, 0.717) is 42.8 Å². The number of sulfone groups is 1. The third-order valence-corrected chi connectivity index (χ3v) is 9.61. The van der Waals surface area contributed by atoms with Crippen LogP contribution in [-0.4, -0.2) is 68.2 Å². The Bertz CT molecular complexity index is 1340. The molecule has 8 nitrogen and oxygen atoms in total. The van der Waals surface area contributed by atoms with E-state index in [1.807, 2.05) is 24.0 Å². The van der Waals surface area contributed by atoms with E-state index in [1.165, 1.54) is 24.2 Å². The Labute approximate surface area is 206 Å². The zero-order valence-electron chi connectivity index (χ0n) is 19.7. The van der Waals surface area contributed by atoms with Crippen molar-refractivity contribution >= 4 is 27.3 Å². The van der Waals surface area contributed by atoms with Crippen molar-refractivity contribution in [2.45, 2.75) is 36.9 Å². The van der Waals surface area contributed by atoms with Crippen LogP contribution >= 0.6 is 0 Å².